The lowest BCUT2D eigenvalue weighted by Gasteiger charge is -2.31. The first-order valence-corrected chi connectivity index (χ1v) is 7.70. The lowest BCUT2D eigenvalue weighted by atomic mass is 10.0. The lowest BCUT2D eigenvalue weighted by Crippen LogP contribution is -2.41. The van der Waals surface area contributed by atoms with Crippen molar-refractivity contribution in [3.8, 4) is 0 Å². The molecule has 0 saturated carbocycles. The summed E-state index contributed by atoms with van der Waals surface area (Å²) in [6.07, 6.45) is 6.26. The number of nitrogens with zero attached hydrogens (tertiary/aromatic N) is 1. The van der Waals surface area contributed by atoms with Gasteiger partial charge in [-0.05, 0) is 32.6 Å². The Kier molecular flexibility index (Phi) is 8.07. The summed E-state index contributed by atoms with van der Waals surface area (Å²) in [5, 5.41) is 9.58. The summed E-state index contributed by atoms with van der Waals surface area (Å²) in [4.78, 5) is 14.3. The third-order valence-electron chi connectivity index (χ3n) is 3.62. The highest BCUT2D eigenvalue weighted by molar-refractivity contribution is 5.76. The number of aliphatic hydroxyl groups is 1. The fourth-order valence-corrected chi connectivity index (χ4v) is 2.69. The van der Waals surface area contributed by atoms with Crippen LogP contribution in [0.5, 0.6) is 0 Å². The normalized spacial score (nSPS) is 22.1. The average molecular weight is 271 g/mol. The molecular formula is C15H29NO3. The van der Waals surface area contributed by atoms with Gasteiger partial charge in [-0.25, -0.2) is 0 Å². The van der Waals surface area contributed by atoms with Gasteiger partial charge in [0.1, 0.15) is 0 Å². The van der Waals surface area contributed by atoms with Crippen molar-refractivity contribution < 1.29 is 14.6 Å². The Balaban J connectivity index is 2.45. The minimum absolute atomic E-state index is 0.184. The van der Waals surface area contributed by atoms with Gasteiger partial charge in [-0.15, -0.1) is 0 Å². The van der Waals surface area contributed by atoms with E-state index in [2.05, 4.69) is 6.92 Å². The molecule has 1 fully saturated rings. The SMILES string of the molecule is CCCOCCC(=O)N1CCCCCC1CC(C)O. The molecule has 112 valence electrons. The van der Waals surface area contributed by atoms with E-state index in [9.17, 15) is 9.90 Å². The highest BCUT2D eigenvalue weighted by atomic mass is 16.5. The standard InChI is InChI=1S/C15H29NO3/c1-3-10-19-11-8-15(18)16-9-6-4-5-7-14(16)12-13(2)17/h13-14,17H,3-12H2,1-2H3. The van der Waals surface area contributed by atoms with Crippen LogP contribution in [0.1, 0.15) is 58.8 Å². The van der Waals surface area contributed by atoms with Crippen LogP contribution in [-0.4, -0.2) is 47.8 Å². The van der Waals surface area contributed by atoms with Gasteiger partial charge in [0.05, 0.1) is 19.1 Å². The number of hydrogen-bond donors (Lipinski definition) is 1. The molecule has 1 aliphatic heterocycles. The Bertz CT molecular complexity index is 256. The van der Waals surface area contributed by atoms with Crippen LogP contribution in [-0.2, 0) is 9.53 Å². The Morgan fingerprint density at radius 3 is 2.84 bits per heavy atom. The lowest BCUT2D eigenvalue weighted by molar-refractivity contribution is -0.135. The number of carbonyl (C=O) groups is 1. The predicted molar refractivity (Wildman–Crippen MR) is 76.0 cm³/mol. The first kappa shape index (κ1) is 16.4. The van der Waals surface area contributed by atoms with Crippen molar-refractivity contribution in [2.45, 2.75) is 70.9 Å². The van der Waals surface area contributed by atoms with Crippen molar-refractivity contribution >= 4 is 5.91 Å². The molecule has 1 rings (SSSR count). The minimum Gasteiger partial charge on any atom is -0.393 e. The number of carbonyl (C=O) groups excluding carboxylic acids is 1. The van der Waals surface area contributed by atoms with E-state index in [0.29, 0.717) is 19.4 Å². The van der Waals surface area contributed by atoms with Gasteiger partial charge in [0.15, 0.2) is 0 Å². The molecule has 0 aliphatic carbocycles. The topological polar surface area (TPSA) is 49.8 Å². The summed E-state index contributed by atoms with van der Waals surface area (Å²) in [7, 11) is 0. The van der Waals surface area contributed by atoms with E-state index in [0.717, 1.165) is 38.8 Å². The molecular weight excluding hydrogens is 242 g/mol. The third kappa shape index (κ3) is 6.39. The van der Waals surface area contributed by atoms with Crippen molar-refractivity contribution in [1.29, 1.82) is 0 Å². The summed E-state index contributed by atoms with van der Waals surface area (Å²) in [5.74, 6) is 0.184. The largest absolute Gasteiger partial charge is 0.393 e. The molecule has 0 spiro atoms. The predicted octanol–water partition coefficient (Wildman–Crippen LogP) is 2.35. The Hall–Kier alpha value is -0.610. The molecule has 1 amide bonds. The summed E-state index contributed by atoms with van der Waals surface area (Å²) >= 11 is 0. The number of aliphatic hydroxyl groups excluding tert-OH is 1. The van der Waals surface area contributed by atoms with Gasteiger partial charge in [-0.1, -0.05) is 19.8 Å². The van der Waals surface area contributed by atoms with E-state index in [1.807, 2.05) is 4.90 Å². The molecule has 2 atom stereocenters. The van der Waals surface area contributed by atoms with Gasteiger partial charge >= 0.3 is 0 Å². The highest BCUT2D eigenvalue weighted by Gasteiger charge is 2.25. The van der Waals surface area contributed by atoms with Crippen LogP contribution in [0.25, 0.3) is 0 Å². The molecule has 1 N–H and O–H groups in total. The molecule has 4 nitrogen and oxygen atoms in total. The molecule has 4 heteroatoms. The molecule has 0 bridgehead atoms. The quantitative estimate of drug-likeness (QED) is 0.723. The van der Waals surface area contributed by atoms with E-state index in [1.54, 1.807) is 6.92 Å². The summed E-state index contributed by atoms with van der Waals surface area (Å²) in [6, 6.07) is 0.209. The fourth-order valence-electron chi connectivity index (χ4n) is 2.69. The van der Waals surface area contributed by atoms with Crippen molar-refractivity contribution in [3.63, 3.8) is 0 Å². The molecule has 2 unspecified atom stereocenters. The zero-order valence-corrected chi connectivity index (χ0v) is 12.4. The zero-order valence-electron chi connectivity index (χ0n) is 12.4. The Labute approximate surface area is 117 Å². The van der Waals surface area contributed by atoms with Crippen LogP contribution >= 0.6 is 0 Å². The first-order valence-electron chi connectivity index (χ1n) is 7.70. The van der Waals surface area contributed by atoms with E-state index < -0.39 is 0 Å². The number of hydrogen-bond acceptors (Lipinski definition) is 3. The Morgan fingerprint density at radius 1 is 1.37 bits per heavy atom. The van der Waals surface area contributed by atoms with E-state index in [-0.39, 0.29) is 18.1 Å². The molecule has 19 heavy (non-hydrogen) atoms. The van der Waals surface area contributed by atoms with Gasteiger partial charge in [-0.2, -0.15) is 0 Å². The fraction of sp³-hybridized carbons (Fsp3) is 0.933. The summed E-state index contributed by atoms with van der Waals surface area (Å²) in [6.45, 7) is 5.95. The van der Waals surface area contributed by atoms with Crippen molar-refractivity contribution in [1.82, 2.24) is 4.90 Å². The summed E-state index contributed by atoms with van der Waals surface area (Å²) in [5.41, 5.74) is 0. The van der Waals surface area contributed by atoms with Crippen LogP contribution in [0.15, 0.2) is 0 Å². The molecule has 0 aromatic rings. The van der Waals surface area contributed by atoms with Gasteiger partial charge in [0.25, 0.3) is 0 Å². The van der Waals surface area contributed by atoms with Crippen LogP contribution in [0, 0.1) is 0 Å². The van der Waals surface area contributed by atoms with Crippen molar-refractivity contribution in [2.75, 3.05) is 19.8 Å². The third-order valence-corrected chi connectivity index (χ3v) is 3.62. The average Bonchev–Trinajstić information content (AvgIpc) is 2.59. The van der Waals surface area contributed by atoms with E-state index in [1.165, 1.54) is 6.42 Å². The van der Waals surface area contributed by atoms with Gasteiger partial charge in [0, 0.05) is 19.2 Å². The van der Waals surface area contributed by atoms with Crippen LogP contribution in [0.3, 0.4) is 0 Å². The second-order valence-corrected chi connectivity index (χ2v) is 5.54. The molecule has 1 saturated heterocycles. The van der Waals surface area contributed by atoms with Gasteiger partial charge in [0.2, 0.25) is 5.91 Å². The van der Waals surface area contributed by atoms with Crippen LogP contribution < -0.4 is 0 Å². The van der Waals surface area contributed by atoms with E-state index >= 15 is 0 Å². The second-order valence-electron chi connectivity index (χ2n) is 5.54. The number of rotatable bonds is 7. The Morgan fingerprint density at radius 2 is 2.16 bits per heavy atom. The monoisotopic (exact) mass is 271 g/mol. The smallest absolute Gasteiger partial charge is 0.225 e. The van der Waals surface area contributed by atoms with Crippen molar-refractivity contribution in [3.05, 3.63) is 0 Å². The maximum atomic E-state index is 12.3. The van der Waals surface area contributed by atoms with Gasteiger partial charge in [-0.3, -0.25) is 4.79 Å². The number of amides is 1. The summed E-state index contributed by atoms with van der Waals surface area (Å²) < 4.78 is 5.39. The maximum absolute atomic E-state index is 12.3. The minimum atomic E-state index is -0.338. The molecule has 0 aromatic heterocycles. The van der Waals surface area contributed by atoms with Crippen molar-refractivity contribution in [2.24, 2.45) is 0 Å². The van der Waals surface area contributed by atoms with E-state index in [4.69, 9.17) is 4.74 Å². The second kappa shape index (κ2) is 9.32. The molecule has 0 aromatic carbocycles. The first-order chi connectivity index (χ1) is 9.15. The van der Waals surface area contributed by atoms with Crippen LogP contribution in [0.4, 0.5) is 0 Å². The maximum Gasteiger partial charge on any atom is 0.225 e. The highest BCUT2D eigenvalue weighted by Crippen LogP contribution is 2.21. The van der Waals surface area contributed by atoms with Gasteiger partial charge < -0.3 is 14.7 Å². The zero-order chi connectivity index (χ0) is 14.1. The van der Waals surface area contributed by atoms with Crippen LogP contribution in [0.2, 0.25) is 0 Å². The number of ether oxygens (including phenoxy) is 1. The molecule has 1 heterocycles. The molecule has 1 aliphatic rings. The number of likely N-dealkylation sites (tertiary alicyclic amines) is 1. The molecule has 0 radical (unpaired) electrons.